The number of benzene rings is 2. The molecule has 0 aliphatic carbocycles. The maximum atomic E-state index is 12.5. The van der Waals surface area contributed by atoms with Crippen LogP contribution in [0, 0.1) is 13.8 Å². The number of rotatable bonds is 0. The summed E-state index contributed by atoms with van der Waals surface area (Å²) >= 11 is 0. The molecule has 2 aromatic carbocycles. The van der Waals surface area contributed by atoms with Crippen LogP contribution in [0.2, 0.25) is 0 Å². The summed E-state index contributed by atoms with van der Waals surface area (Å²) in [6.07, 6.45) is 6.33. The monoisotopic (exact) mass is 374 g/mol. The van der Waals surface area contributed by atoms with Gasteiger partial charge in [-0.3, -0.25) is 20.0 Å². The van der Waals surface area contributed by atoms with Crippen LogP contribution < -0.4 is 10.2 Å². The lowest BCUT2D eigenvalue weighted by Gasteiger charge is -2.15. The van der Waals surface area contributed by atoms with Gasteiger partial charge >= 0.3 is 0 Å². The third-order valence-electron chi connectivity index (χ3n) is 4.22. The van der Waals surface area contributed by atoms with Crippen LogP contribution in [-0.4, -0.2) is 51.0 Å². The van der Waals surface area contributed by atoms with Gasteiger partial charge in [0.25, 0.3) is 0 Å². The molecule has 4 bridgehead atoms. The smallest absolute Gasteiger partial charge is 0.0585 e. The number of nitrogens with zero attached hydrogens (tertiary/aromatic N) is 4. The Bertz CT molecular complexity index is 825. The maximum Gasteiger partial charge on any atom is 0.0585 e. The Kier molecular flexibility index (Phi) is 6.32. The highest BCUT2D eigenvalue weighted by atomic mass is 16.3. The summed E-state index contributed by atoms with van der Waals surface area (Å²) in [7, 11) is 0. The zero-order valence-corrected chi connectivity index (χ0v) is 16.1. The number of aliphatic imine (C=N–C) groups is 4. The standard InChI is InChI=1S/C22H24N4O2/c1-15-7-17-11-23-3-5-25-13-19-9-16(2)10-20(22(19)28)14-26-6-4-24-12-18(8-15)21(17)27/h7-14,27-28H,3-6H2,1-2H3/p-2. The summed E-state index contributed by atoms with van der Waals surface area (Å²) < 4.78 is 0. The molecule has 6 nitrogen and oxygen atoms in total. The molecule has 0 saturated heterocycles. The Morgan fingerprint density at radius 1 is 0.536 bits per heavy atom. The molecule has 0 aromatic heterocycles. The molecule has 0 amide bonds. The summed E-state index contributed by atoms with van der Waals surface area (Å²) in [5, 5.41) is 25.0. The molecule has 0 atom stereocenters. The molecule has 2 aromatic rings. The second-order valence-electron chi connectivity index (χ2n) is 6.69. The average molecular weight is 374 g/mol. The first-order valence-corrected chi connectivity index (χ1v) is 9.17. The molecule has 6 heteroatoms. The van der Waals surface area contributed by atoms with Crippen molar-refractivity contribution in [3.63, 3.8) is 0 Å². The number of fused-ring (bicyclic) bond motifs is 4. The summed E-state index contributed by atoms with van der Waals surface area (Å²) in [6, 6.07) is 7.25. The summed E-state index contributed by atoms with van der Waals surface area (Å²) in [6.45, 7) is 5.60. The molecule has 0 unspecified atom stereocenters. The van der Waals surface area contributed by atoms with Gasteiger partial charge in [0.05, 0.1) is 26.2 Å². The molecule has 1 heterocycles. The van der Waals surface area contributed by atoms with E-state index < -0.39 is 0 Å². The minimum absolute atomic E-state index is 0.0901. The largest absolute Gasteiger partial charge is 0.872 e. The molecular weight excluding hydrogens is 352 g/mol. The van der Waals surface area contributed by atoms with Crippen LogP contribution in [-0.2, 0) is 0 Å². The van der Waals surface area contributed by atoms with Crippen LogP contribution in [0.25, 0.3) is 0 Å². The van der Waals surface area contributed by atoms with Gasteiger partial charge in [0.1, 0.15) is 0 Å². The molecule has 0 saturated carbocycles. The molecule has 144 valence electrons. The normalized spacial score (nSPS) is 14.6. The number of hydrogen-bond acceptors (Lipinski definition) is 6. The lowest BCUT2D eigenvalue weighted by Crippen LogP contribution is -2.04. The van der Waals surface area contributed by atoms with Gasteiger partial charge in [-0.2, -0.15) is 0 Å². The predicted octanol–water partition coefficient (Wildman–Crippen LogP) is 1.84. The first-order chi connectivity index (χ1) is 13.5. The van der Waals surface area contributed by atoms with Gasteiger partial charge in [-0.15, -0.1) is 0 Å². The topological polar surface area (TPSA) is 95.6 Å². The van der Waals surface area contributed by atoms with Crippen LogP contribution in [0.15, 0.2) is 44.2 Å². The third-order valence-corrected chi connectivity index (χ3v) is 4.22. The lowest BCUT2D eigenvalue weighted by atomic mass is 10.1. The van der Waals surface area contributed by atoms with Crippen molar-refractivity contribution < 1.29 is 10.2 Å². The van der Waals surface area contributed by atoms with E-state index >= 15 is 0 Å². The fourth-order valence-electron chi connectivity index (χ4n) is 2.93. The Morgan fingerprint density at radius 3 is 1.04 bits per heavy atom. The van der Waals surface area contributed by atoms with Gasteiger partial charge in [0, 0.05) is 24.9 Å². The van der Waals surface area contributed by atoms with Crippen LogP contribution in [0.4, 0.5) is 0 Å². The Labute approximate surface area is 164 Å². The van der Waals surface area contributed by atoms with Gasteiger partial charge < -0.3 is 10.2 Å². The van der Waals surface area contributed by atoms with Crippen LogP contribution >= 0.6 is 0 Å². The molecule has 0 fully saturated rings. The Hall–Kier alpha value is -3.28. The molecule has 0 spiro atoms. The fourth-order valence-corrected chi connectivity index (χ4v) is 2.93. The van der Waals surface area contributed by atoms with Crippen molar-refractivity contribution in [3.05, 3.63) is 57.6 Å². The fraction of sp³-hybridized carbons (Fsp3) is 0.273. The van der Waals surface area contributed by atoms with Crippen molar-refractivity contribution in [3.8, 4) is 11.5 Å². The van der Waals surface area contributed by atoms with E-state index in [0.717, 1.165) is 11.1 Å². The summed E-state index contributed by atoms with van der Waals surface area (Å²) in [5.41, 5.74) is 4.10. The predicted molar refractivity (Wildman–Crippen MR) is 111 cm³/mol. The number of aryl methyl sites for hydroxylation is 2. The second-order valence-corrected chi connectivity index (χ2v) is 6.69. The molecule has 0 radical (unpaired) electrons. The van der Waals surface area contributed by atoms with Crippen molar-refractivity contribution in [1.29, 1.82) is 0 Å². The van der Waals surface area contributed by atoms with E-state index in [2.05, 4.69) is 20.0 Å². The quantitative estimate of drug-likeness (QED) is 0.703. The van der Waals surface area contributed by atoms with Crippen LogP contribution in [0.3, 0.4) is 0 Å². The Balaban J connectivity index is 1.92. The highest BCUT2D eigenvalue weighted by Gasteiger charge is 2.00. The molecule has 1 aliphatic rings. The van der Waals surface area contributed by atoms with E-state index in [1.807, 2.05) is 38.1 Å². The van der Waals surface area contributed by atoms with Crippen molar-refractivity contribution in [2.24, 2.45) is 20.0 Å². The van der Waals surface area contributed by atoms with Gasteiger partial charge in [-0.05, 0) is 47.2 Å². The third kappa shape index (κ3) is 4.91. The lowest BCUT2D eigenvalue weighted by molar-refractivity contribution is -0.269. The van der Waals surface area contributed by atoms with Crippen molar-refractivity contribution in [2.45, 2.75) is 13.8 Å². The van der Waals surface area contributed by atoms with Crippen molar-refractivity contribution in [2.75, 3.05) is 26.2 Å². The zero-order valence-electron chi connectivity index (χ0n) is 16.1. The van der Waals surface area contributed by atoms with Crippen LogP contribution in [0.1, 0.15) is 33.4 Å². The summed E-state index contributed by atoms with van der Waals surface area (Å²) in [4.78, 5) is 17.2. The summed E-state index contributed by atoms with van der Waals surface area (Å²) in [5.74, 6) is -0.180. The maximum absolute atomic E-state index is 12.5. The van der Waals surface area contributed by atoms with E-state index in [4.69, 9.17) is 0 Å². The molecular formula is C22H22N4O2-2. The molecule has 28 heavy (non-hydrogen) atoms. The second kappa shape index (κ2) is 9.08. The van der Waals surface area contributed by atoms with Crippen LogP contribution in [0.5, 0.6) is 11.5 Å². The van der Waals surface area contributed by atoms with E-state index in [1.54, 1.807) is 24.9 Å². The minimum Gasteiger partial charge on any atom is -0.872 e. The van der Waals surface area contributed by atoms with Gasteiger partial charge in [-0.1, -0.05) is 35.8 Å². The van der Waals surface area contributed by atoms with Crippen molar-refractivity contribution in [1.82, 2.24) is 0 Å². The molecule has 1 aliphatic heterocycles. The van der Waals surface area contributed by atoms with Gasteiger partial charge in [-0.25, -0.2) is 0 Å². The zero-order chi connectivity index (χ0) is 19.9. The number of hydrogen-bond donors (Lipinski definition) is 0. The van der Waals surface area contributed by atoms with Crippen molar-refractivity contribution >= 4 is 24.9 Å². The van der Waals surface area contributed by atoms with Gasteiger partial charge in [0.15, 0.2) is 0 Å². The van der Waals surface area contributed by atoms with E-state index in [9.17, 15) is 10.2 Å². The first-order valence-electron chi connectivity index (χ1n) is 9.17. The van der Waals surface area contributed by atoms with E-state index in [-0.39, 0.29) is 11.5 Å². The highest BCUT2D eigenvalue weighted by Crippen LogP contribution is 2.20. The SMILES string of the molecule is Cc1cc2c([O-])c(c1)C=NCCN=Cc1cc(C)cc(c1[O-])C=NCCN=C2. The van der Waals surface area contributed by atoms with Gasteiger partial charge in [0.2, 0.25) is 0 Å². The molecule has 0 N–H and O–H groups in total. The van der Waals surface area contributed by atoms with E-state index in [1.165, 1.54) is 0 Å². The minimum atomic E-state index is -0.0901. The average Bonchev–Trinajstić information content (AvgIpc) is 2.66. The highest BCUT2D eigenvalue weighted by molar-refractivity contribution is 5.93. The Morgan fingerprint density at radius 2 is 0.786 bits per heavy atom. The first kappa shape index (κ1) is 19.5. The molecule has 3 rings (SSSR count). The van der Waals surface area contributed by atoms with E-state index in [0.29, 0.717) is 48.4 Å².